The maximum absolute atomic E-state index is 5.98. The summed E-state index contributed by atoms with van der Waals surface area (Å²) in [4.78, 5) is 2.44. The van der Waals surface area contributed by atoms with E-state index in [-0.39, 0.29) is 6.04 Å². The molecule has 2 nitrogen and oxygen atoms in total. The van der Waals surface area contributed by atoms with Gasteiger partial charge < -0.3 is 10.6 Å². The van der Waals surface area contributed by atoms with Crippen molar-refractivity contribution in [3.63, 3.8) is 0 Å². The van der Waals surface area contributed by atoms with Gasteiger partial charge in [-0.15, -0.1) is 0 Å². The van der Waals surface area contributed by atoms with Gasteiger partial charge in [0.25, 0.3) is 0 Å². The zero-order valence-electron chi connectivity index (χ0n) is 12.5. The summed E-state index contributed by atoms with van der Waals surface area (Å²) in [5.74, 6) is 0. The lowest BCUT2D eigenvalue weighted by atomic mass is 9.95. The molecule has 2 aromatic carbocycles. The number of nitrogens with two attached hydrogens (primary N) is 1. The molecule has 0 amide bonds. The molecule has 0 saturated heterocycles. The van der Waals surface area contributed by atoms with Crippen molar-refractivity contribution in [3.8, 4) is 0 Å². The number of fused-ring (bicyclic) bond motifs is 1. The van der Waals surface area contributed by atoms with Crippen molar-refractivity contribution in [1.29, 1.82) is 0 Å². The van der Waals surface area contributed by atoms with Gasteiger partial charge in [-0.2, -0.15) is 0 Å². The van der Waals surface area contributed by atoms with Crippen LogP contribution in [0.25, 0.3) is 0 Å². The Hall–Kier alpha value is -1.32. The summed E-state index contributed by atoms with van der Waals surface area (Å²) in [6, 6.07) is 15.7. The first-order valence-electron chi connectivity index (χ1n) is 7.50. The molecule has 0 spiro atoms. The van der Waals surface area contributed by atoms with Crippen molar-refractivity contribution in [1.82, 2.24) is 0 Å². The Morgan fingerprint density at radius 1 is 1.19 bits per heavy atom. The Labute approximate surface area is 135 Å². The van der Waals surface area contributed by atoms with E-state index >= 15 is 0 Å². The van der Waals surface area contributed by atoms with Crippen LogP contribution in [0.15, 0.2) is 46.9 Å². The number of hydrogen-bond donors (Lipinski definition) is 1. The van der Waals surface area contributed by atoms with Crippen LogP contribution in [0.3, 0.4) is 0 Å². The van der Waals surface area contributed by atoms with Gasteiger partial charge in [0.05, 0.1) is 5.69 Å². The summed E-state index contributed by atoms with van der Waals surface area (Å²) in [5, 5.41) is 0. The summed E-state index contributed by atoms with van der Waals surface area (Å²) < 4.78 is 1.11. The van der Waals surface area contributed by atoms with E-state index in [0.29, 0.717) is 6.04 Å². The Kier molecular flexibility index (Phi) is 4.05. The van der Waals surface area contributed by atoms with Crippen LogP contribution in [-0.4, -0.2) is 6.04 Å². The second kappa shape index (κ2) is 5.82. The number of aryl methyl sites for hydroxylation is 1. The van der Waals surface area contributed by atoms with E-state index in [9.17, 15) is 0 Å². The van der Waals surface area contributed by atoms with Crippen molar-refractivity contribution in [2.24, 2.45) is 5.73 Å². The van der Waals surface area contributed by atoms with Crippen molar-refractivity contribution in [2.75, 3.05) is 4.90 Å². The zero-order valence-corrected chi connectivity index (χ0v) is 14.1. The highest BCUT2D eigenvalue weighted by Gasteiger charge is 2.25. The SMILES string of the molecule is CC(N)c1ccc(N2c3ccccc3CCC2C)c(Br)c1. The van der Waals surface area contributed by atoms with Gasteiger partial charge in [-0.05, 0) is 71.9 Å². The molecule has 2 N–H and O–H groups in total. The predicted molar refractivity (Wildman–Crippen MR) is 93.1 cm³/mol. The third-order valence-corrected chi connectivity index (χ3v) is 4.92. The van der Waals surface area contributed by atoms with Crippen molar-refractivity contribution in [2.45, 2.75) is 38.8 Å². The smallest absolute Gasteiger partial charge is 0.0557 e. The molecule has 0 radical (unpaired) electrons. The van der Waals surface area contributed by atoms with Gasteiger partial charge in [0, 0.05) is 22.2 Å². The summed E-state index contributed by atoms with van der Waals surface area (Å²) >= 11 is 3.73. The molecule has 110 valence electrons. The summed E-state index contributed by atoms with van der Waals surface area (Å²) in [7, 11) is 0. The van der Waals surface area contributed by atoms with Gasteiger partial charge in [-0.1, -0.05) is 24.3 Å². The van der Waals surface area contributed by atoms with Gasteiger partial charge in [0.2, 0.25) is 0 Å². The van der Waals surface area contributed by atoms with E-state index in [4.69, 9.17) is 5.73 Å². The van der Waals surface area contributed by atoms with Gasteiger partial charge in [0.15, 0.2) is 0 Å². The average molecular weight is 345 g/mol. The molecule has 21 heavy (non-hydrogen) atoms. The van der Waals surface area contributed by atoms with Gasteiger partial charge in [0.1, 0.15) is 0 Å². The Bertz CT molecular complexity index is 651. The van der Waals surface area contributed by atoms with E-state index in [1.165, 1.54) is 23.4 Å². The van der Waals surface area contributed by atoms with E-state index in [0.717, 1.165) is 16.5 Å². The molecular formula is C18H21BrN2. The van der Waals surface area contributed by atoms with Crippen LogP contribution in [0, 0.1) is 0 Å². The van der Waals surface area contributed by atoms with Crippen LogP contribution >= 0.6 is 15.9 Å². The maximum Gasteiger partial charge on any atom is 0.0557 e. The number of nitrogens with zero attached hydrogens (tertiary/aromatic N) is 1. The Balaban J connectivity index is 2.07. The van der Waals surface area contributed by atoms with Crippen LogP contribution in [0.5, 0.6) is 0 Å². The maximum atomic E-state index is 5.98. The lowest BCUT2D eigenvalue weighted by Crippen LogP contribution is -2.33. The minimum atomic E-state index is 0.0569. The molecule has 3 heteroatoms. The molecule has 1 heterocycles. The number of benzene rings is 2. The lowest BCUT2D eigenvalue weighted by molar-refractivity contribution is 0.617. The van der Waals surface area contributed by atoms with Gasteiger partial charge in [-0.25, -0.2) is 0 Å². The summed E-state index contributed by atoms with van der Waals surface area (Å²) in [6.07, 6.45) is 2.34. The average Bonchev–Trinajstić information content (AvgIpc) is 2.48. The van der Waals surface area contributed by atoms with Crippen molar-refractivity contribution < 1.29 is 0 Å². The molecule has 0 aromatic heterocycles. The van der Waals surface area contributed by atoms with Crippen molar-refractivity contribution in [3.05, 3.63) is 58.1 Å². The fourth-order valence-electron chi connectivity index (χ4n) is 3.06. The Morgan fingerprint density at radius 2 is 1.95 bits per heavy atom. The normalized spacial score (nSPS) is 19.2. The van der Waals surface area contributed by atoms with E-state index < -0.39 is 0 Å². The molecule has 0 fully saturated rings. The standard InChI is InChI=1S/C18H21BrN2/c1-12-7-8-14-5-3-4-6-17(14)21(12)18-10-9-15(13(2)20)11-16(18)19/h3-6,9-13H,7-8,20H2,1-2H3. The number of rotatable bonds is 2. The van der Waals surface area contributed by atoms with Crippen LogP contribution in [-0.2, 0) is 6.42 Å². The third kappa shape index (κ3) is 2.72. The second-order valence-electron chi connectivity index (χ2n) is 5.89. The minimum absolute atomic E-state index is 0.0569. The summed E-state index contributed by atoms with van der Waals surface area (Å²) in [6.45, 7) is 4.31. The Morgan fingerprint density at radius 3 is 2.67 bits per heavy atom. The largest absolute Gasteiger partial charge is 0.337 e. The molecule has 2 unspecified atom stereocenters. The molecule has 1 aliphatic heterocycles. The van der Waals surface area contributed by atoms with Gasteiger partial charge >= 0.3 is 0 Å². The molecule has 3 rings (SSSR count). The molecular weight excluding hydrogens is 324 g/mol. The quantitative estimate of drug-likeness (QED) is 0.835. The van der Waals surface area contributed by atoms with E-state index in [1.54, 1.807) is 0 Å². The third-order valence-electron chi connectivity index (χ3n) is 4.28. The highest BCUT2D eigenvalue weighted by Crippen LogP contribution is 2.40. The molecule has 0 saturated carbocycles. The molecule has 0 aliphatic carbocycles. The zero-order chi connectivity index (χ0) is 15.0. The summed E-state index contributed by atoms with van der Waals surface area (Å²) in [5.41, 5.74) is 11.1. The van der Waals surface area contributed by atoms with E-state index in [2.05, 4.69) is 70.2 Å². The van der Waals surface area contributed by atoms with Crippen LogP contribution < -0.4 is 10.6 Å². The highest BCUT2D eigenvalue weighted by molar-refractivity contribution is 9.10. The minimum Gasteiger partial charge on any atom is -0.337 e. The predicted octanol–water partition coefficient (Wildman–Crippen LogP) is 4.94. The molecule has 2 aromatic rings. The molecule has 1 aliphatic rings. The topological polar surface area (TPSA) is 29.3 Å². The first kappa shape index (κ1) is 14.6. The monoisotopic (exact) mass is 344 g/mol. The molecule has 0 bridgehead atoms. The molecule has 2 atom stereocenters. The van der Waals surface area contributed by atoms with Gasteiger partial charge in [-0.3, -0.25) is 0 Å². The number of para-hydroxylation sites is 1. The van der Waals surface area contributed by atoms with Crippen LogP contribution in [0.2, 0.25) is 0 Å². The lowest BCUT2D eigenvalue weighted by Gasteiger charge is -2.37. The fourth-order valence-corrected chi connectivity index (χ4v) is 3.64. The van der Waals surface area contributed by atoms with Crippen LogP contribution in [0.4, 0.5) is 11.4 Å². The first-order valence-corrected chi connectivity index (χ1v) is 8.29. The second-order valence-corrected chi connectivity index (χ2v) is 6.74. The number of halogens is 1. The fraction of sp³-hybridized carbons (Fsp3) is 0.333. The number of hydrogen-bond acceptors (Lipinski definition) is 2. The number of anilines is 2. The first-order chi connectivity index (χ1) is 10.1. The van der Waals surface area contributed by atoms with E-state index in [1.807, 2.05) is 6.92 Å². The van der Waals surface area contributed by atoms with Crippen LogP contribution in [0.1, 0.15) is 37.4 Å². The van der Waals surface area contributed by atoms with Crippen molar-refractivity contribution >= 4 is 27.3 Å². The highest BCUT2D eigenvalue weighted by atomic mass is 79.9.